The molecule has 0 fully saturated rings. The van der Waals surface area contributed by atoms with Crippen LogP contribution in [0.5, 0.6) is 0 Å². The van der Waals surface area contributed by atoms with Gasteiger partial charge in [-0.25, -0.2) is 4.98 Å². The van der Waals surface area contributed by atoms with Crippen LogP contribution in [0.15, 0.2) is 43.0 Å². The molecule has 0 radical (unpaired) electrons. The lowest BCUT2D eigenvalue weighted by atomic mass is 10.2. The molecule has 2 aromatic heterocycles. The van der Waals surface area contributed by atoms with Gasteiger partial charge in [-0.1, -0.05) is 18.2 Å². The smallest absolute Gasteiger partial charge is 0.261 e. The summed E-state index contributed by atoms with van der Waals surface area (Å²) in [5.41, 5.74) is 0. The number of thiophene rings is 1. The number of hydrogen-bond donors (Lipinski definition) is 1. The first-order valence-corrected chi connectivity index (χ1v) is 7.16. The van der Waals surface area contributed by atoms with Crippen LogP contribution in [-0.4, -0.2) is 26.7 Å². The Morgan fingerprint density at radius 1 is 1.45 bits per heavy atom. The molecule has 1 aromatic carbocycles. The Morgan fingerprint density at radius 2 is 2.30 bits per heavy atom. The number of aromatic nitrogens is 3. The van der Waals surface area contributed by atoms with Crippen molar-refractivity contribution < 1.29 is 4.79 Å². The van der Waals surface area contributed by atoms with Crippen LogP contribution in [0.1, 0.15) is 16.6 Å². The van der Waals surface area contributed by atoms with Crippen molar-refractivity contribution in [1.29, 1.82) is 0 Å². The maximum atomic E-state index is 12.2. The van der Waals surface area contributed by atoms with Crippen molar-refractivity contribution in [2.24, 2.45) is 0 Å². The topological polar surface area (TPSA) is 59.8 Å². The molecular formula is C14H14N4OS. The average molecular weight is 286 g/mol. The van der Waals surface area contributed by atoms with E-state index in [0.29, 0.717) is 6.54 Å². The van der Waals surface area contributed by atoms with Crippen molar-refractivity contribution in [1.82, 2.24) is 20.1 Å². The third-order valence-electron chi connectivity index (χ3n) is 2.95. The molecule has 0 aliphatic carbocycles. The molecule has 3 rings (SSSR count). The quantitative estimate of drug-likeness (QED) is 0.800. The van der Waals surface area contributed by atoms with Crippen LogP contribution in [0.2, 0.25) is 0 Å². The molecule has 5 nitrogen and oxygen atoms in total. The highest BCUT2D eigenvalue weighted by Crippen LogP contribution is 2.25. The van der Waals surface area contributed by atoms with E-state index >= 15 is 0 Å². The number of carbonyl (C=O) groups excluding carboxylic acids is 1. The number of rotatable bonds is 4. The SMILES string of the molecule is C[C@@H](Cn1cncn1)NC(=O)c1cc2ccccc2s1. The minimum atomic E-state index is -0.0428. The van der Waals surface area contributed by atoms with E-state index in [1.807, 2.05) is 37.3 Å². The summed E-state index contributed by atoms with van der Waals surface area (Å²) in [5.74, 6) is -0.0428. The van der Waals surface area contributed by atoms with Gasteiger partial charge in [-0.3, -0.25) is 9.48 Å². The molecule has 1 atom stereocenters. The number of hydrogen-bond acceptors (Lipinski definition) is 4. The van der Waals surface area contributed by atoms with Crippen molar-refractivity contribution >= 4 is 27.3 Å². The van der Waals surface area contributed by atoms with Gasteiger partial charge in [-0.15, -0.1) is 11.3 Å². The molecule has 3 aromatic rings. The highest BCUT2D eigenvalue weighted by atomic mass is 32.1. The Hall–Kier alpha value is -2.21. The minimum absolute atomic E-state index is 0.00517. The number of fused-ring (bicyclic) bond motifs is 1. The number of nitrogens with one attached hydrogen (secondary N) is 1. The van der Waals surface area contributed by atoms with Crippen LogP contribution in [-0.2, 0) is 6.54 Å². The summed E-state index contributed by atoms with van der Waals surface area (Å²) in [4.78, 5) is 16.8. The first kappa shape index (κ1) is 12.8. The molecule has 0 unspecified atom stereocenters. The molecule has 0 spiro atoms. The third kappa shape index (κ3) is 2.70. The molecule has 1 amide bonds. The predicted octanol–water partition coefficient (Wildman–Crippen LogP) is 2.31. The van der Waals surface area contributed by atoms with Crippen molar-refractivity contribution in [3.8, 4) is 0 Å². The average Bonchev–Trinajstić information content (AvgIpc) is 3.06. The second-order valence-corrected chi connectivity index (χ2v) is 5.72. The van der Waals surface area contributed by atoms with E-state index in [9.17, 15) is 4.79 Å². The Kier molecular flexibility index (Phi) is 3.47. The van der Waals surface area contributed by atoms with Crippen LogP contribution in [0, 0.1) is 0 Å². The second kappa shape index (κ2) is 5.42. The molecule has 6 heteroatoms. The van der Waals surface area contributed by atoms with E-state index in [1.54, 1.807) is 11.0 Å². The van der Waals surface area contributed by atoms with Crippen LogP contribution in [0.25, 0.3) is 10.1 Å². The van der Waals surface area contributed by atoms with E-state index < -0.39 is 0 Å². The number of amides is 1. The second-order valence-electron chi connectivity index (χ2n) is 4.64. The van der Waals surface area contributed by atoms with E-state index in [1.165, 1.54) is 17.7 Å². The van der Waals surface area contributed by atoms with Crippen molar-refractivity contribution in [2.45, 2.75) is 19.5 Å². The highest BCUT2D eigenvalue weighted by molar-refractivity contribution is 7.20. The number of nitrogens with zero attached hydrogens (tertiary/aromatic N) is 3. The van der Waals surface area contributed by atoms with Gasteiger partial charge in [0.1, 0.15) is 12.7 Å². The molecule has 20 heavy (non-hydrogen) atoms. The zero-order valence-corrected chi connectivity index (χ0v) is 11.8. The maximum Gasteiger partial charge on any atom is 0.261 e. The summed E-state index contributed by atoms with van der Waals surface area (Å²) in [6.07, 6.45) is 3.13. The largest absolute Gasteiger partial charge is 0.347 e. The van der Waals surface area contributed by atoms with E-state index in [0.717, 1.165) is 15.0 Å². The lowest BCUT2D eigenvalue weighted by molar-refractivity contribution is 0.0940. The van der Waals surface area contributed by atoms with Gasteiger partial charge in [0.05, 0.1) is 11.4 Å². The van der Waals surface area contributed by atoms with Crippen LogP contribution in [0.4, 0.5) is 0 Å². The predicted molar refractivity (Wildman–Crippen MR) is 78.8 cm³/mol. The fraction of sp³-hybridized carbons (Fsp3) is 0.214. The van der Waals surface area contributed by atoms with Gasteiger partial charge < -0.3 is 5.32 Å². The van der Waals surface area contributed by atoms with Crippen molar-refractivity contribution in [3.05, 3.63) is 47.9 Å². The van der Waals surface area contributed by atoms with E-state index in [-0.39, 0.29) is 11.9 Å². The fourth-order valence-corrected chi connectivity index (χ4v) is 3.01. The number of carbonyl (C=O) groups is 1. The van der Waals surface area contributed by atoms with Crippen molar-refractivity contribution in [2.75, 3.05) is 0 Å². The van der Waals surface area contributed by atoms with Gasteiger partial charge in [0.15, 0.2) is 0 Å². The third-order valence-corrected chi connectivity index (χ3v) is 4.07. The summed E-state index contributed by atoms with van der Waals surface area (Å²) < 4.78 is 2.83. The number of benzene rings is 1. The minimum Gasteiger partial charge on any atom is -0.347 e. The summed E-state index contributed by atoms with van der Waals surface area (Å²) in [6.45, 7) is 2.56. The zero-order chi connectivity index (χ0) is 13.9. The Labute approximate surface area is 120 Å². The lowest BCUT2D eigenvalue weighted by Gasteiger charge is -2.12. The summed E-state index contributed by atoms with van der Waals surface area (Å²) >= 11 is 1.51. The first-order valence-electron chi connectivity index (χ1n) is 6.34. The standard InChI is InChI=1S/C14H14N4OS/c1-10(7-18-9-15-8-16-18)17-14(19)13-6-11-4-2-3-5-12(11)20-13/h2-6,8-10H,7H2,1H3,(H,17,19)/t10-/m0/s1. The fourth-order valence-electron chi connectivity index (χ4n) is 2.04. The van der Waals surface area contributed by atoms with Gasteiger partial charge in [0.2, 0.25) is 0 Å². The Bertz CT molecular complexity index is 687. The summed E-state index contributed by atoms with van der Waals surface area (Å²) in [7, 11) is 0. The van der Waals surface area contributed by atoms with Crippen LogP contribution in [0.3, 0.4) is 0 Å². The molecule has 0 bridgehead atoms. The lowest BCUT2D eigenvalue weighted by Crippen LogP contribution is -2.35. The van der Waals surface area contributed by atoms with Gasteiger partial charge in [0, 0.05) is 10.7 Å². The maximum absolute atomic E-state index is 12.2. The van der Waals surface area contributed by atoms with Crippen LogP contribution >= 0.6 is 11.3 Å². The first-order chi connectivity index (χ1) is 9.72. The molecule has 0 aliphatic heterocycles. The van der Waals surface area contributed by atoms with Gasteiger partial charge in [-0.05, 0) is 24.4 Å². The zero-order valence-electron chi connectivity index (χ0n) is 11.0. The highest BCUT2D eigenvalue weighted by Gasteiger charge is 2.13. The van der Waals surface area contributed by atoms with Gasteiger partial charge in [0.25, 0.3) is 5.91 Å². The Balaban J connectivity index is 1.69. The van der Waals surface area contributed by atoms with E-state index in [4.69, 9.17) is 0 Å². The van der Waals surface area contributed by atoms with Crippen LogP contribution < -0.4 is 5.32 Å². The summed E-state index contributed by atoms with van der Waals surface area (Å²) in [6, 6.07) is 9.92. The van der Waals surface area contributed by atoms with E-state index in [2.05, 4.69) is 15.4 Å². The Morgan fingerprint density at radius 3 is 3.05 bits per heavy atom. The molecule has 2 heterocycles. The normalized spacial score (nSPS) is 12.4. The molecule has 1 N–H and O–H groups in total. The van der Waals surface area contributed by atoms with Crippen molar-refractivity contribution in [3.63, 3.8) is 0 Å². The molecule has 102 valence electrons. The molecule has 0 saturated carbocycles. The molecular weight excluding hydrogens is 272 g/mol. The summed E-state index contributed by atoms with van der Waals surface area (Å²) in [5, 5.41) is 8.11. The van der Waals surface area contributed by atoms with Gasteiger partial charge in [-0.2, -0.15) is 5.10 Å². The molecule has 0 saturated heterocycles. The monoisotopic (exact) mass is 286 g/mol. The molecule has 0 aliphatic rings. The van der Waals surface area contributed by atoms with Gasteiger partial charge >= 0.3 is 0 Å².